The molecule has 2 aliphatic heterocycles. The van der Waals surface area contributed by atoms with E-state index in [1.165, 1.54) is 31.7 Å². The molecule has 0 saturated carbocycles. The van der Waals surface area contributed by atoms with E-state index >= 15 is 0 Å². The van der Waals surface area contributed by atoms with Crippen molar-refractivity contribution in [3.63, 3.8) is 0 Å². The van der Waals surface area contributed by atoms with E-state index in [0.717, 1.165) is 18.8 Å². The van der Waals surface area contributed by atoms with Gasteiger partial charge in [-0.05, 0) is 60.6 Å². The van der Waals surface area contributed by atoms with Crippen molar-refractivity contribution in [2.75, 3.05) is 11.9 Å². The van der Waals surface area contributed by atoms with Gasteiger partial charge in [-0.2, -0.15) is 13.2 Å². The maximum Gasteiger partial charge on any atom is 0.430 e. The number of halogens is 3. The Kier molecular flexibility index (Phi) is 5.62. The number of nitrogens with zero attached hydrogens (tertiary/aromatic N) is 1. The Bertz CT molecular complexity index is 1430. The van der Waals surface area contributed by atoms with Crippen molar-refractivity contribution in [1.29, 1.82) is 0 Å². The summed E-state index contributed by atoms with van der Waals surface area (Å²) < 4.78 is 41.7. The van der Waals surface area contributed by atoms with Crippen molar-refractivity contribution < 1.29 is 32.4 Å². The fourth-order valence-corrected chi connectivity index (χ4v) is 6.50. The van der Waals surface area contributed by atoms with Crippen molar-refractivity contribution in [3.8, 4) is 5.75 Å². The number of alkyl halides is 3. The average molecular weight is 501 g/mol. The summed E-state index contributed by atoms with van der Waals surface area (Å²) in [4.78, 5) is 8.78. The number of aliphatic carboxylic acids is 1. The highest BCUT2D eigenvalue weighted by molar-refractivity contribution is 7.21. The minimum Gasteiger partial charge on any atom is -0.542 e. The summed E-state index contributed by atoms with van der Waals surface area (Å²) in [5.74, 6) is -1.54. The average Bonchev–Trinajstić information content (AvgIpc) is 3.08. The van der Waals surface area contributed by atoms with Crippen LogP contribution in [0.3, 0.4) is 0 Å². The van der Waals surface area contributed by atoms with Gasteiger partial charge in [-0.1, -0.05) is 42.5 Å². The predicted octanol–water partition coefficient (Wildman–Crippen LogP) is 4.94. The number of para-hydroxylation sites is 1. The number of rotatable bonds is 0. The van der Waals surface area contributed by atoms with Crippen LogP contribution in [0.25, 0.3) is 21.0 Å². The zero-order valence-electron chi connectivity index (χ0n) is 19.1. The lowest BCUT2D eigenvalue weighted by atomic mass is 9.75. The molecule has 0 bridgehead atoms. The highest BCUT2D eigenvalue weighted by Gasteiger charge is 2.52. The third-order valence-corrected chi connectivity index (χ3v) is 7.90. The minimum atomic E-state index is -5.19. The zero-order valence-corrected chi connectivity index (χ0v) is 19.9. The number of ether oxygens (including phenoxy) is 1. The van der Waals surface area contributed by atoms with Crippen LogP contribution in [0.2, 0.25) is 0 Å². The third-order valence-electron chi connectivity index (χ3n) is 6.84. The maximum atomic E-state index is 10.5. The number of carboxylic acid groups (broad SMARTS) is 1. The first-order valence-corrected chi connectivity index (χ1v) is 12.0. The summed E-state index contributed by atoms with van der Waals surface area (Å²) in [5, 5.41) is 16.5. The van der Waals surface area contributed by atoms with E-state index in [-0.39, 0.29) is 11.6 Å². The number of thiazole rings is 1. The van der Waals surface area contributed by atoms with E-state index in [4.69, 9.17) is 14.6 Å². The molecule has 1 aromatic heterocycles. The molecule has 0 radical (unpaired) electrons. The van der Waals surface area contributed by atoms with E-state index in [1.54, 1.807) is 0 Å². The van der Waals surface area contributed by atoms with Gasteiger partial charge in [0.1, 0.15) is 28.8 Å². The highest BCUT2D eigenvalue weighted by atomic mass is 32.1. The second kappa shape index (κ2) is 8.41. The number of benzene rings is 3. The lowest BCUT2D eigenvalue weighted by Gasteiger charge is -2.39. The molecule has 1 N–H and O–H groups in total. The molecule has 3 aromatic carbocycles. The maximum absolute atomic E-state index is 10.5. The fourth-order valence-electron chi connectivity index (χ4n) is 5.27. The van der Waals surface area contributed by atoms with Crippen LogP contribution >= 0.6 is 11.3 Å². The Balaban J connectivity index is 0.000000320. The Morgan fingerprint density at radius 1 is 1.11 bits per heavy atom. The van der Waals surface area contributed by atoms with Gasteiger partial charge in [-0.3, -0.25) is 5.32 Å². The van der Waals surface area contributed by atoms with Gasteiger partial charge in [0.2, 0.25) is 0 Å². The van der Waals surface area contributed by atoms with Gasteiger partial charge in [-0.15, -0.1) is 0 Å². The van der Waals surface area contributed by atoms with Crippen LogP contribution in [0.1, 0.15) is 31.9 Å². The molecule has 0 unspecified atom stereocenters. The Labute approximate surface area is 203 Å². The molecule has 3 heterocycles. The van der Waals surface area contributed by atoms with Crippen LogP contribution in [0.15, 0.2) is 60.7 Å². The van der Waals surface area contributed by atoms with Crippen LogP contribution in [-0.4, -0.2) is 18.8 Å². The molecule has 0 saturated heterocycles. The molecule has 0 aliphatic carbocycles. The Morgan fingerprint density at radius 3 is 2.54 bits per heavy atom. The van der Waals surface area contributed by atoms with Crippen molar-refractivity contribution >= 4 is 43.4 Å². The highest BCUT2D eigenvalue weighted by Crippen LogP contribution is 2.49. The molecule has 2 atom stereocenters. The van der Waals surface area contributed by atoms with Gasteiger partial charge < -0.3 is 14.6 Å². The third kappa shape index (κ3) is 3.97. The first kappa shape index (κ1) is 23.4. The van der Waals surface area contributed by atoms with Crippen molar-refractivity contribution in [2.45, 2.75) is 38.0 Å². The van der Waals surface area contributed by atoms with Gasteiger partial charge >= 0.3 is 11.3 Å². The van der Waals surface area contributed by atoms with E-state index in [1.807, 2.05) is 11.3 Å². The topological polar surface area (TPSA) is 65.3 Å². The van der Waals surface area contributed by atoms with Crippen LogP contribution < -0.4 is 19.7 Å². The molecular formula is C26H23F3N2O3S. The second-order valence-corrected chi connectivity index (χ2v) is 10.2. The van der Waals surface area contributed by atoms with E-state index in [9.17, 15) is 13.2 Å². The zero-order chi connectivity index (χ0) is 25.0. The number of fused-ring (bicyclic) bond motifs is 8. The summed E-state index contributed by atoms with van der Waals surface area (Å²) in [6.07, 6.45) is -4.16. The second-order valence-electron chi connectivity index (χ2n) is 9.21. The summed E-state index contributed by atoms with van der Waals surface area (Å²) in [5.41, 5.74) is 2.63. The van der Waals surface area contributed by atoms with Crippen LogP contribution in [-0.2, 0) is 10.3 Å². The van der Waals surface area contributed by atoms with Gasteiger partial charge in [0.05, 0.1) is 17.2 Å². The van der Waals surface area contributed by atoms with Gasteiger partial charge in [-0.25, -0.2) is 4.57 Å². The molecule has 182 valence electrons. The summed E-state index contributed by atoms with van der Waals surface area (Å²) in [7, 11) is 0. The molecular weight excluding hydrogens is 477 g/mol. The molecule has 5 nitrogen and oxygen atoms in total. The Hall–Kier alpha value is -3.33. The molecule has 9 heteroatoms. The number of hydrogen-bond donors (Lipinski definition) is 1. The normalized spacial score (nSPS) is 20.3. The predicted molar refractivity (Wildman–Crippen MR) is 126 cm³/mol. The standard InChI is InChI=1S/C24H22N2OS.C2HF3O2/c1-24(2)17-13-14-27-19-12-11-15-7-3-4-8-16(15)21(19)22(17)25-23-26(24)18-9-5-6-10-20(18)28-23;3-2(4,5)1(6)7/h3-12,17,22H,13-14H2,1-2H3;(H,6,7)/t17-,22-;/m0./s1. The van der Waals surface area contributed by atoms with Crippen LogP contribution in [0.4, 0.5) is 18.3 Å². The van der Waals surface area contributed by atoms with Crippen molar-refractivity contribution in [3.05, 3.63) is 66.2 Å². The number of carbonyl (C=O) groups excluding carboxylic acids is 1. The SMILES string of the molecule is CC1(C)[C@H]2CCOc3ccc4ccccc4c3[C@H]2Nc2sc3ccccc3[n+]21.O=C([O-])C(F)(F)F. The smallest absolute Gasteiger partial charge is 0.430 e. The number of hydrogen-bond acceptors (Lipinski definition) is 5. The van der Waals surface area contributed by atoms with Gasteiger partial charge in [0.25, 0.3) is 0 Å². The van der Waals surface area contributed by atoms with Gasteiger partial charge in [0.15, 0.2) is 0 Å². The lowest BCUT2D eigenvalue weighted by Crippen LogP contribution is -2.62. The Morgan fingerprint density at radius 2 is 1.80 bits per heavy atom. The molecule has 0 amide bonds. The molecule has 0 fully saturated rings. The summed E-state index contributed by atoms with van der Waals surface area (Å²) in [6.45, 7) is 5.55. The number of carboxylic acids is 1. The first-order chi connectivity index (χ1) is 16.6. The summed E-state index contributed by atoms with van der Waals surface area (Å²) in [6, 6.07) is 22.0. The monoisotopic (exact) mass is 500 g/mol. The first-order valence-electron chi connectivity index (χ1n) is 11.2. The summed E-state index contributed by atoms with van der Waals surface area (Å²) >= 11 is 1.86. The largest absolute Gasteiger partial charge is 0.542 e. The van der Waals surface area contributed by atoms with E-state index in [2.05, 4.69) is 84.4 Å². The number of nitrogens with one attached hydrogen (secondary N) is 1. The van der Waals surface area contributed by atoms with E-state index in [0.29, 0.717) is 5.92 Å². The van der Waals surface area contributed by atoms with Crippen molar-refractivity contribution in [1.82, 2.24) is 0 Å². The number of aromatic nitrogens is 1. The fraction of sp³-hybridized carbons (Fsp3) is 0.308. The lowest BCUT2D eigenvalue weighted by molar-refractivity contribution is -0.733. The number of carbonyl (C=O) groups is 1. The molecule has 6 rings (SSSR count). The molecule has 4 aromatic rings. The van der Waals surface area contributed by atoms with Crippen LogP contribution in [0, 0.1) is 5.92 Å². The van der Waals surface area contributed by atoms with Gasteiger partial charge in [0, 0.05) is 5.56 Å². The minimum absolute atomic E-state index is 0.00717. The quantitative estimate of drug-likeness (QED) is 0.348. The molecule has 35 heavy (non-hydrogen) atoms. The van der Waals surface area contributed by atoms with E-state index < -0.39 is 12.1 Å². The number of anilines is 1. The van der Waals surface area contributed by atoms with Crippen molar-refractivity contribution in [2.24, 2.45) is 5.92 Å². The molecule has 0 spiro atoms. The molecule has 2 aliphatic rings. The van der Waals surface area contributed by atoms with Crippen LogP contribution in [0.5, 0.6) is 5.75 Å².